The molecule has 0 saturated heterocycles. The van der Waals surface area contributed by atoms with Gasteiger partial charge in [-0.05, 0) is 31.0 Å². The van der Waals surface area contributed by atoms with Crippen LogP contribution in [0.1, 0.15) is 16.7 Å². The lowest BCUT2D eigenvalue weighted by Gasteiger charge is -2.09. The van der Waals surface area contributed by atoms with E-state index in [0.717, 1.165) is 34.1 Å². The number of anilines is 1. The van der Waals surface area contributed by atoms with Crippen molar-refractivity contribution in [3.8, 4) is 0 Å². The lowest BCUT2D eigenvalue weighted by Crippen LogP contribution is -2.35. The van der Waals surface area contributed by atoms with E-state index < -0.39 is 24.4 Å². The first-order chi connectivity index (χ1) is 14.3. The third kappa shape index (κ3) is 8.48. The van der Waals surface area contributed by atoms with Crippen LogP contribution >= 0.6 is 11.8 Å². The smallest absolute Gasteiger partial charge is 0.316 e. The zero-order valence-electron chi connectivity index (χ0n) is 16.9. The van der Waals surface area contributed by atoms with Gasteiger partial charge in [0.05, 0.1) is 17.9 Å². The Balaban J connectivity index is 1.61. The van der Waals surface area contributed by atoms with Crippen LogP contribution in [-0.2, 0) is 30.3 Å². The van der Waals surface area contributed by atoms with Gasteiger partial charge in [-0.1, -0.05) is 48.0 Å². The Kier molecular flexibility index (Phi) is 9.08. The summed E-state index contributed by atoms with van der Waals surface area (Å²) >= 11 is 1.08. The predicted molar refractivity (Wildman–Crippen MR) is 116 cm³/mol. The number of carbonyl (C=O) groups excluding carboxylic acids is 4. The number of thioether (sulfide) groups is 1. The number of carbonyl (C=O) groups is 4. The number of rotatable bonds is 9. The number of esters is 1. The second kappa shape index (κ2) is 11.8. The monoisotopic (exact) mass is 428 g/mol. The van der Waals surface area contributed by atoms with Crippen molar-refractivity contribution in [2.24, 2.45) is 0 Å². The van der Waals surface area contributed by atoms with Gasteiger partial charge in [-0.3, -0.25) is 24.5 Å². The normalized spacial score (nSPS) is 10.2. The average Bonchev–Trinajstić information content (AvgIpc) is 2.69. The number of hydrogen-bond acceptors (Lipinski definition) is 6. The fraction of sp³-hybridized carbons (Fsp3) is 0.273. The molecule has 2 aromatic rings. The second-order valence-corrected chi connectivity index (χ2v) is 7.64. The van der Waals surface area contributed by atoms with Gasteiger partial charge in [0, 0.05) is 5.69 Å². The fourth-order valence-electron chi connectivity index (χ4n) is 2.57. The van der Waals surface area contributed by atoms with Gasteiger partial charge >= 0.3 is 5.97 Å². The van der Waals surface area contributed by atoms with E-state index in [0.29, 0.717) is 0 Å². The van der Waals surface area contributed by atoms with Gasteiger partial charge in [-0.2, -0.15) is 0 Å². The minimum Gasteiger partial charge on any atom is -0.455 e. The molecule has 0 atom stereocenters. The van der Waals surface area contributed by atoms with Crippen LogP contribution in [0.3, 0.4) is 0 Å². The molecular formula is C22H24N2O5S. The lowest BCUT2D eigenvalue weighted by atomic mass is 10.1. The molecule has 0 saturated carbocycles. The van der Waals surface area contributed by atoms with E-state index in [2.05, 4.69) is 10.6 Å². The molecular weight excluding hydrogens is 404 g/mol. The average molecular weight is 429 g/mol. The maximum atomic E-state index is 12.0. The van der Waals surface area contributed by atoms with E-state index in [1.807, 2.05) is 38.1 Å². The highest BCUT2D eigenvalue weighted by Crippen LogP contribution is 2.16. The summed E-state index contributed by atoms with van der Waals surface area (Å²) in [7, 11) is 0. The van der Waals surface area contributed by atoms with Crippen molar-refractivity contribution >= 4 is 41.1 Å². The molecule has 7 nitrogen and oxygen atoms in total. The summed E-state index contributed by atoms with van der Waals surface area (Å²) in [5.41, 5.74) is 3.56. The number of ether oxygens (including phenoxy) is 1. The van der Waals surface area contributed by atoms with E-state index in [9.17, 15) is 19.2 Å². The summed E-state index contributed by atoms with van der Waals surface area (Å²) in [6.45, 7) is 3.33. The van der Waals surface area contributed by atoms with E-state index in [1.165, 1.54) is 0 Å². The minimum atomic E-state index is -0.693. The van der Waals surface area contributed by atoms with Crippen LogP contribution in [0, 0.1) is 13.8 Å². The number of hydrogen-bond donors (Lipinski definition) is 2. The van der Waals surface area contributed by atoms with Crippen molar-refractivity contribution in [1.29, 1.82) is 0 Å². The molecule has 0 radical (unpaired) electrons. The molecule has 8 heteroatoms. The maximum Gasteiger partial charge on any atom is 0.316 e. The molecule has 0 spiro atoms. The van der Waals surface area contributed by atoms with Crippen LogP contribution in [-0.4, -0.2) is 41.8 Å². The quantitative estimate of drug-likeness (QED) is 0.595. The first kappa shape index (κ1) is 23.2. The number of amides is 3. The molecule has 0 bridgehead atoms. The van der Waals surface area contributed by atoms with Crippen LogP contribution in [0.2, 0.25) is 0 Å². The van der Waals surface area contributed by atoms with Crippen molar-refractivity contribution < 1.29 is 23.9 Å². The predicted octanol–water partition coefficient (Wildman–Crippen LogP) is 2.40. The minimum absolute atomic E-state index is 0.0615. The van der Waals surface area contributed by atoms with Crippen molar-refractivity contribution in [2.45, 2.75) is 20.3 Å². The molecule has 2 aromatic carbocycles. The standard InChI is InChI=1S/C22H24N2O5S/c1-15-8-9-18(16(2)10-15)23-21(27)13-30-14-22(28)29-12-20(26)24-19(25)11-17-6-4-3-5-7-17/h3-10H,11-14H2,1-2H3,(H,23,27)(H,24,25,26). The number of benzene rings is 2. The largest absolute Gasteiger partial charge is 0.455 e. The maximum absolute atomic E-state index is 12.0. The Hall–Kier alpha value is -3.13. The third-order valence-electron chi connectivity index (χ3n) is 3.96. The summed E-state index contributed by atoms with van der Waals surface area (Å²) < 4.78 is 4.83. The highest BCUT2D eigenvalue weighted by atomic mass is 32.2. The Morgan fingerprint density at radius 3 is 2.33 bits per heavy atom. The van der Waals surface area contributed by atoms with Gasteiger partial charge in [-0.25, -0.2) is 0 Å². The van der Waals surface area contributed by atoms with E-state index in [4.69, 9.17) is 4.74 Å². The molecule has 30 heavy (non-hydrogen) atoms. The molecule has 0 fully saturated rings. The topological polar surface area (TPSA) is 102 Å². The molecule has 0 unspecified atom stereocenters. The highest BCUT2D eigenvalue weighted by molar-refractivity contribution is 8.00. The lowest BCUT2D eigenvalue weighted by molar-refractivity contribution is -0.147. The molecule has 0 aliphatic rings. The van der Waals surface area contributed by atoms with Crippen LogP contribution in [0.25, 0.3) is 0 Å². The van der Waals surface area contributed by atoms with Gasteiger partial charge < -0.3 is 10.1 Å². The van der Waals surface area contributed by atoms with Gasteiger partial charge in [0.1, 0.15) is 0 Å². The summed E-state index contributed by atoms with van der Waals surface area (Å²) in [5, 5.41) is 4.96. The van der Waals surface area contributed by atoms with Gasteiger partial charge in [0.2, 0.25) is 11.8 Å². The summed E-state index contributed by atoms with van der Waals surface area (Å²) in [6, 6.07) is 14.7. The van der Waals surface area contributed by atoms with Crippen molar-refractivity contribution in [2.75, 3.05) is 23.4 Å². The van der Waals surface area contributed by atoms with E-state index in [-0.39, 0.29) is 23.8 Å². The van der Waals surface area contributed by atoms with Gasteiger partial charge in [-0.15, -0.1) is 11.8 Å². The van der Waals surface area contributed by atoms with Crippen LogP contribution in [0.4, 0.5) is 5.69 Å². The molecule has 0 aromatic heterocycles. The Morgan fingerprint density at radius 2 is 1.63 bits per heavy atom. The van der Waals surface area contributed by atoms with Crippen LogP contribution < -0.4 is 10.6 Å². The molecule has 0 aliphatic heterocycles. The molecule has 0 heterocycles. The number of aryl methyl sites for hydroxylation is 2. The summed E-state index contributed by atoms with van der Waals surface area (Å²) in [4.78, 5) is 47.2. The number of nitrogens with one attached hydrogen (secondary N) is 2. The van der Waals surface area contributed by atoms with Crippen molar-refractivity contribution in [1.82, 2.24) is 5.32 Å². The third-order valence-corrected chi connectivity index (χ3v) is 4.87. The summed E-state index contributed by atoms with van der Waals surface area (Å²) in [5.74, 6) is -2.04. The zero-order valence-corrected chi connectivity index (χ0v) is 17.7. The molecule has 0 aliphatic carbocycles. The molecule has 2 rings (SSSR count). The van der Waals surface area contributed by atoms with E-state index >= 15 is 0 Å². The van der Waals surface area contributed by atoms with E-state index in [1.54, 1.807) is 24.3 Å². The van der Waals surface area contributed by atoms with Gasteiger partial charge in [0.25, 0.3) is 5.91 Å². The first-order valence-corrected chi connectivity index (χ1v) is 10.5. The SMILES string of the molecule is Cc1ccc(NC(=O)CSCC(=O)OCC(=O)NC(=O)Cc2ccccc2)c(C)c1. The summed E-state index contributed by atoms with van der Waals surface area (Å²) in [6.07, 6.45) is 0.0615. The fourth-order valence-corrected chi connectivity index (χ4v) is 3.18. The van der Waals surface area contributed by atoms with Crippen LogP contribution in [0.15, 0.2) is 48.5 Å². The van der Waals surface area contributed by atoms with Gasteiger partial charge in [0.15, 0.2) is 6.61 Å². The van der Waals surface area contributed by atoms with Crippen LogP contribution in [0.5, 0.6) is 0 Å². The van der Waals surface area contributed by atoms with Crippen molar-refractivity contribution in [3.05, 3.63) is 65.2 Å². The first-order valence-electron chi connectivity index (χ1n) is 9.30. The molecule has 3 amide bonds. The zero-order chi connectivity index (χ0) is 21.9. The Labute approximate surface area is 179 Å². The Morgan fingerprint density at radius 1 is 0.900 bits per heavy atom. The number of imide groups is 1. The molecule has 2 N–H and O–H groups in total. The molecule has 158 valence electrons. The Bertz CT molecular complexity index is 915. The highest BCUT2D eigenvalue weighted by Gasteiger charge is 2.12. The second-order valence-electron chi connectivity index (χ2n) is 6.65. The van der Waals surface area contributed by atoms with Crippen molar-refractivity contribution in [3.63, 3.8) is 0 Å².